The lowest BCUT2D eigenvalue weighted by atomic mass is 9.63. The molecule has 0 aromatic rings. The summed E-state index contributed by atoms with van der Waals surface area (Å²) in [5.41, 5.74) is -0.827. The van der Waals surface area contributed by atoms with Crippen LogP contribution < -0.4 is 0 Å². The van der Waals surface area contributed by atoms with E-state index in [0.29, 0.717) is 13.1 Å². The van der Waals surface area contributed by atoms with Gasteiger partial charge in [0, 0.05) is 37.2 Å². The molecule has 0 bridgehead atoms. The molecular formula is C14H18N5O2+. The molecule has 21 heavy (non-hydrogen) atoms. The molecule has 4 aliphatic rings. The molecule has 0 aromatic carbocycles. The fourth-order valence-electron chi connectivity index (χ4n) is 3.87. The van der Waals surface area contributed by atoms with Crippen LogP contribution in [0.5, 0.6) is 0 Å². The molecule has 1 fully saturated rings. The zero-order chi connectivity index (χ0) is 14.7. The highest BCUT2D eigenvalue weighted by Crippen LogP contribution is 2.50. The summed E-state index contributed by atoms with van der Waals surface area (Å²) in [6.07, 6.45) is 10.5. The van der Waals surface area contributed by atoms with E-state index in [1.165, 1.54) is 0 Å². The van der Waals surface area contributed by atoms with Crippen LogP contribution in [0.25, 0.3) is 0 Å². The van der Waals surface area contributed by atoms with Crippen LogP contribution in [-0.2, 0) is 4.84 Å². The maximum absolute atomic E-state index is 12.1. The number of nitrogens with zero attached hydrogens (tertiary/aromatic N) is 5. The molecule has 7 heteroatoms. The number of rotatable bonds is 1. The van der Waals surface area contributed by atoms with Crippen molar-refractivity contribution in [3.8, 4) is 0 Å². The molecule has 4 aliphatic heterocycles. The van der Waals surface area contributed by atoms with E-state index in [-0.39, 0.29) is 11.6 Å². The molecule has 0 aliphatic carbocycles. The minimum Gasteiger partial charge on any atom is -0.293 e. The third kappa shape index (κ3) is 1.41. The van der Waals surface area contributed by atoms with Crippen LogP contribution in [0.15, 0.2) is 34.2 Å². The number of aliphatic imine (C=N–C) groups is 2. The van der Waals surface area contributed by atoms with Crippen LogP contribution in [0, 0.1) is 10.3 Å². The van der Waals surface area contributed by atoms with Gasteiger partial charge in [0.25, 0.3) is 0 Å². The van der Waals surface area contributed by atoms with Crippen LogP contribution >= 0.6 is 0 Å². The summed E-state index contributed by atoms with van der Waals surface area (Å²) in [6, 6.07) is 0.198. The second-order valence-corrected chi connectivity index (χ2v) is 6.02. The highest BCUT2D eigenvalue weighted by Gasteiger charge is 2.64. The van der Waals surface area contributed by atoms with Crippen molar-refractivity contribution in [2.24, 2.45) is 15.4 Å². The molecule has 4 rings (SSSR count). The molecule has 0 N–H and O–H groups in total. The number of hydrogen-bond donors (Lipinski definition) is 0. The summed E-state index contributed by atoms with van der Waals surface area (Å²) in [5, 5.41) is 3.56. The first kappa shape index (κ1) is 12.7. The molecule has 0 amide bonds. The number of fused-ring (bicyclic) bond motifs is 1. The molecule has 110 valence electrons. The van der Waals surface area contributed by atoms with Gasteiger partial charge in [-0.3, -0.25) is 14.8 Å². The van der Waals surface area contributed by atoms with Crippen LogP contribution in [0.1, 0.15) is 13.3 Å². The minimum atomic E-state index is -0.450. The zero-order valence-corrected chi connectivity index (χ0v) is 12.1. The van der Waals surface area contributed by atoms with E-state index in [2.05, 4.69) is 23.0 Å². The Morgan fingerprint density at radius 2 is 2.33 bits per heavy atom. The Bertz CT molecular complexity index is 625. The SMILES string of the molecule is CON1C2=CC[N+](=O)N2CC23C=NC=CC12CC(C)N=C3. The summed E-state index contributed by atoms with van der Waals surface area (Å²) in [6.45, 7) is 2.97. The van der Waals surface area contributed by atoms with Crippen molar-refractivity contribution in [2.75, 3.05) is 20.2 Å². The molecule has 0 saturated carbocycles. The molecule has 3 atom stereocenters. The van der Waals surface area contributed by atoms with Gasteiger partial charge in [-0.05, 0) is 13.0 Å². The third-order valence-corrected chi connectivity index (χ3v) is 4.84. The fraction of sp³-hybridized carbons (Fsp3) is 0.571. The summed E-state index contributed by atoms with van der Waals surface area (Å²) in [5.74, 6) is 0.811. The van der Waals surface area contributed by atoms with E-state index in [1.807, 2.05) is 29.8 Å². The van der Waals surface area contributed by atoms with E-state index in [1.54, 1.807) is 12.1 Å². The lowest BCUT2D eigenvalue weighted by Crippen LogP contribution is -2.71. The van der Waals surface area contributed by atoms with Crippen molar-refractivity contribution in [1.29, 1.82) is 0 Å². The second kappa shape index (κ2) is 4.00. The molecule has 1 saturated heterocycles. The molecule has 0 spiro atoms. The standard InChI is InChI=1S/C14H18N5O2/c1-11-7-14-4-5-15-8-13(14,9-16-11)10-17-12(19(14)21-2)3-6-18(17)20/h3-5,8-9,11H,6-7,10H2,1-2H3/q+1. The van der Waals surface area contributed by atoms with Gasteiger partial charge >= 0.3 is 0 Å². The van der Waals surface area contributed by atoms with Crippen molar-refractivity contribution in [2.45, 2.75) is 24.9 Å². The van der Waals surface area contributed by atoms with E-state index < -0.39 is 5.41 Å². The fourth-order valence-corrected chi connectivity index (χ4v) is 3.87. The molecular weight excluding hydrogens is 270 g/mol. The van der Waals surface area contributed by atoms with Gasteiger partial charge in [0.2, 0.25) is 6.54 Å². The van der Waals surface area contributed by atoms with Crippen LogP contribution in [-0.4, -0.2) is 59.2 Å². The number of nitroso groups, excluding NO2 is 1. The van der Waals surface area contributed by atoms with E-state index >= 15 is 0 Å². The lowest BCUT2D eigenvalue weighted by molar-refractivity contribution is -0.690. The predicted octanol–water partition coefficient (Wildman–Crippen LogP) is 0.901. The topological polar surface area (TPSA) is 60.5 Å². The third-order valence-electron chi connectivity index (χ3n) is 4.84. The summed E-state index contributed by atoms with van der Waals surface area (Å²) in [7, 11) is 1.65. The highest BCUT2D eigenvalue weighted by molar-refractivity contribution is 5.94. The zero-order valence-electron chi connectivity index (χ0n) is 12.1. The largest absolute Gasteiger partial charge is 0.293 e. The minimum absolute atomic E-state index is 0.198. The molecule has 4 heterocycles. The Morgan fingerprint density at radius 3 is 3.14 bits per heavy atom. The smallest absolute Gasteiger partial charge is 0.248 e. The predicted molar refractivity (Wildman–Crippen MR) is 77.5 cm³/mol. The second-order valence-electron chi connectivity index (χ2n) is 6.02. The van der Waals surface area contributed by atoms with Gasteiger partial charge in [-0.25, -0.2) is 5.06 Å². The highest BCUT2D eigenvalue weighted by atomic mass is 16.7. The average molecular weight is 288 g/mol. The Morgan fingerprint density at radius 1 is 1.48 bits per heavy atom. The Kier molecular flexibility index (Phi) is 2.42. The van der Waals surface area contributed by atoms with Gasteiger partial charge in [0.15, 0.2) is 5.82 Å². The van der Waals surface area contributed by atoms with E-state index in [0.717, 1.165) is 17.1 Å². The van der Waals surface area contributed by atoms with E-state index in [4.69, 9.17) is 4.84 Å². The average Bonchev–Trinajstić information content (AvgIpc) is 2.83. The van der Waals surface area contributed by atoms with E-state index in [9.17, 15) is 4.91 Å². The number of hydrazine groups is 1. The van der Waals surface area contributed by atoms with Crippen LogP contribution in [0.4, 0.5) is 0 Å². The summed E-state index contributed by atoms with van der Waals surface area (Å²) in [4.78, 5) is 27.7. The van der Waals surface area contributed by atoms with Crippen LogP contribution in [0.2, 0.25) is 0 Å². The van der Waals surface area contributed by atoms with Gasteiger partial charge in [0.05, 0.1) is 17.4 Å². The maximum atomic E-state index is 12.1. The monoisotopic (exact) mass is 288 g/mol. The van der Waals surface area contributed by atoms with Gasteiger partial charge < -0.3 is 0 Å². The van der Waals surface area contributed by atoms with Crippen molar-refractivity contribution >= 4 is 12.4 Å². The normalized spacial score (nSPS) is 40.0. The Balaban J connectivity index is 1.93. The quantitative estimate of drug-likeness (QED) is 0.673. The Labute approximate surface area is 122 Å². The molecule has 7 nitrogen and oxygen atoms in total. The first-order chi connectivity index (χ1) is 10.1. The van der Waals surface area contributed by atoms with Crippen LogP contribution in [0.3, 0.4) is 0 Å². The van der Waals surface area contributed by atoms with Gasteiger partial charge in [-0.2, -0.15) is 0 Å². The number of hydrogen-bond acceptors (Lipinski definition) is 5. The molecule has 3 unspecified atom stereocenters. The van der Waals surface area contributed by atoms with Gasteiger partial charge in [0.1, 0.15) is 17.0 Å². The first-order valence-corrected chi connectivity index (χ1v) is 7.15. The van der Waals surface area contributed by atoms with Crippen molar-refractivity contribution in [3.05, 3.63) is 29.1 Å². The van der Waals surface area contributed by atoms with Crippen molar-refractivity contribution < 1.29 is 9.71 Å². The first-order valence-electron chi connectivity index (χ1n) is 7.15. The van der Waals surface area contributed by atoms with Crippen molar-refractivity contribution in [1.82, 2.24) is 10.1 Å². The maximum Gasteiger partial charge on any atom is 0.248 e. The van der Waals surface area contributed by atoms with Gasteiger partial charge in [-0.1, -0.05) is 5.01 Å². The molecule has 0 radical (unpaired) electrons. The summed E-state index contributed by atoms with van der Waals surface area (Å²) < 4.78 is 0. The van der Waals surface area contributed by atoms with Crippen molar-refractivity contribution in [3.63, 3.8) is 0 Å². The number of hydroxylamine groups is 2. The Hall–Kier alpha value is -2.02. The van der Waals surface area contributed by atoms with Gasteiger partial charge in [-0.15, -0.1) is 0 Å². The lowest BCUT2D eigenvalue weighted by Gasteiger charge is -2.57. The molecule has 0 aromatic heterocycles. The summed E-state index contributed by atoms with van der Waals surface area (Å²) >= 11 is 0.